The molecule has 186 valence electrons. The second-order valence-electron chi connectivity index (χ2n) is 10.3. The summed E-state index contributed by atoms with van der Waals surface area (Å²) in [6.07, 6.45) is 10.1. The van der Waals surface area contributed by atoms with E-state index in [0.29, 0.717) is 11.3 Å². The smallest absolute Gasteiger partial charge is 0.328 e. The van der Waals surface area contributed by atoms with Gasteiger partial charge in [-0.3, -0.25) is 4.72 Å². The van der Waals surface area contributed by atoms with Gasteiger partial charge in [-0.05, 0) is 103 Å². The van der Waals surface area contributed by atoms with Crippen molar-refractivity contribution < 1.29 is 27.8 Å². The van der Waals surface area contributed by atoms with Gasteiger partial charge in [0.1, 0.15) is 4.90 Å². The lowest BCUT2D eigenvalue weighted by molar-refractivity contribution is -0.131. The van der Waals surface area contributed by atoms with Crippen LogP contribution in [0.5, 0.6) is 11.5 Å². The summed E-state index contributed by atoms with van der Waals surface area (Å²) in [5, 5.41) is 8.94. The highest BCUT2D eigenvalue weighted by Gasteiger charge is 2.51. The summed E-state index contributed by atoms with van der Waals surface area (Å²) in [5.74, 6) is 1.62. The Labute approximate surface area is 206 Å². The first-order chi connectivity index (χ1) is 16.7. The summed E-state index contributed by atoms with van der Waals surface area (Å²) in [5.41, 5.74) is 2.39. The monoisotopic (exact) mass is 497 g/mol. The minimum absolute atomic E-state index is 0.0534. The highest BCUT2D eigenvalue weighted by atomic mass is 32.2. The molecule has 2 N–H and O–H groups in total. The van der Waals surface area contributed by atoms with Crippen molar-refractivity contribution in [1.82, 2.24) is 0 Å². The molecule has 7 nitrogen and oxygen atoms in total. The van der Waals surface area contributed by atoms with Crippen LogP contribution >= 0.6 is 0 Å². The Morgan fingerprint density at radius 3 is 2.11 bits per heavy atom. The average Bonchev–Trinajstić information content (AvgIpc) is 2.81. The van der Waals surface area contributed by atoms with Gasteiger partial charge in [0.2, 0.25) is 0 Å². The topological polar surface area (TPSA) is 102 Å². The van der Waals surface area contributed by atoms with E-state index in [1.165, 1.54) is 76.5 Å². The number of aliphatic carboxylic acids is 1. The number of hydrogen-bond acceptors (Lipinski definition) is 5. The van der Waals surface area contributed by atoms with Crippen molar-refractivity contribution in [1.29, 1.82) is 0 Å². The second kappa shape index (κ2) is 8.90. The number of sulfonamides is 1. The van der Waals surface area contributed by atoms with Crippen molar-refractivity contribution in [3.63, 3.8) is 0 Å². The Hall–Kier alpha value is -3.00. The fraction of sp³-hybridized carbons (Fsp3) is 0.444. The van der Waals surface area contributed by atoms with E-state index in [2.05, 4.69) is 16.9 Å². The third-order valence-electron chi connectivity index (χ3n) is 7.96. The zero-order chi connectivity index (χ0) is 24.8. The van der Waals surface area contributed by atoms with Crippen LogP contribution in [0.15, 0.2) is 47.4 Å². The van der Waals surface area contributed by atoms with Gasteiger partial charge < -0.3 is 14.6 Å². The fourth-order valence-electron chi connectivity index (χ4n) is 6.98. The van der Waals surface area contributed by atoms with Crippen molar-refractivity contribution in [2.45, 2.75) is 48.8 Å². The van der Waals surface area contributed by atoms with E-state index in [-0.39, 0.29) is 21.8 Å². The van der Waals surface area contributed by atoms with Crippen LogP contribution in [-0.4, -0.2) is 33.7 Å². The average molecular weight is 498 g/mol. The van der Waals surface area contributed by atoms with E-state index >= 15 is 0 Å². The first-order valence-electron chi connectivity index (χ1n) is 12.0. The van der Waals surface area contributed by atoms with Gasteiger partial charge in [0.15, 0.2) is 11.5 Å². The number of nitrogens with one attached hydrogen (secondary N) is 1. The minimum atomic E-state index is -4.04. The Morgan fingerprint density at radius 2 is 1.60 bits per heavy atom. The number of rotatable bonds is 8. The molecule has 2 aromatic rings. The highest BCUT2D eigenvalue weighted by Crippen LogP contribution is 2.60. The first-order valence-corrected chi connectivity index (χ1v) is 13.5. The van der Waals surface area contributed by atoms with E-state index in [1.54, 1.807) is 0 Å². The van der Waals surface area contributed by atoms with E-state index in [0.717, 1.165) is 23.8 Å². The van der Waals surface area contributed by atoms with Gasteiger partial charge in [0.05, 0.1) is 14.2 Å². The lowest BCUT2D eigenvalue weighted by Crippen LogP contribution is -2.48. The maximum Gasteiger partial charge on any atom is 0.328 e. The Balaban J connectivity index is 1.42. The number of anilines is 1. The number of carboxylic acids is 1. The molecule has 4 saturated carbocycles. The van der Waals surface area contributed by atoms with Gasteiger partial charge in [-0.25, -0.2) is 13.2 Å². The van der Waals surface area contributed by atoms with E-state index in [9.17, 15) is 13.2 Å². The molecular formula is C27H31NO6S. The summed E-state index contributed by atoms with van der Waals surface area (Å²) < 4.78 is 40.0. The zero-order valence-corrected chi connectivity index (χ0v) is 20.8. The van der Waals surface area contributed by atoms with Gasteiger partial charge in [0.25, 0.3) is 10.0 Å². The predicted molar refractivity (Wildman–Crippen MR) is 133 cm³/mol. The van der Waals surface area contributed by atoms with E-state index in [1.807, 2.05) is 12.1 Å². The van der Waals surface area contributed by atoms with Gasteiger partial charge in [-0.1, -0.05) is 12.1 Å². The molecule has 0 aromatic heterocycles. The van der Waals surface area contributed by atoms with Crippen molar-refractivity contribution >= 4 is 27.8 Å². The van der Waals surface area contributed by atoms with Gasteiger partial charge >= 0.3 is 5.97 Å². The molecule has 0 atom stereocenters. The van der Waals surface area contributed by atoms with Gasteiger partial charge in [-0.15, -0.1) is 0 Å². The molecule has 4 aliphatic carbocycles. The molecule has 0 saturated heterocycles. The third-order valence-corrected chi connectivity index (χ3v) is 9.35. The third kappa shape index (κ3) is 4.51. The summed E-state index contributed by atoms with van der Waals surface area (Å²) in [4.78, 5) is 10.8. The van der Waals surface area contributed by atoms with E-state index in [4.69, 9.17) is 14.6 Å². The Bertz CT molecular complexity index is 1230. The number of ether oxygens (including phenoxy) is 2. The van der Waals surface area contributed by atoms with Crippen molar-refractivity contribution in [2.24, 2.45) is 17.8 Å². The number of carboxylic acid groups (broad SMARTS) is 1. The zero-order valence-electron chi connectivity index (χ0n) is 20.0. The molecule has 0 aliphatic heterocycles. The standard InChI is InChI=1S/C27H31NO6S/c1-33-23-12-17(3-8-25(29)30)13-24(26(23)34-2)35(31,32)28-22-6-4-21(5-7-22)27-14-18-9-19(15-27)11-20(10-18)16-27/h3-8,12-13,18-20,28H,9-11,14-16H2,1-2H3,(H,29,30). The highest BCUT2D eigenvalue weighted by molar-refractivity contribution is 7.92. The molecule has 2 aromatic carbocycles. The van der Waals surface area contributed by atoms with Crippen LogP contribution in [0.4, 0.5) is 5.69 Å². The normalized spacial score (nSPS) is 27.2. The molecule has 0 amide bonds. The minimum Gasteiger partial charge on any atom is -0.493 e. The number of methoxy groups -OCH3 is 2. The maximum absolute atomic E-state index is 13.4. The number of benzene rings is 2. The quantitative estimate of drug-likeness (QED) is 0.494. The molecule has 0 spiro atoms. The molecule has 0 unspecified atom stereocenters. The van der Waals surface area contributed by atoms with Crippen LogP contribution < -0.4 is 14.2 Å². The summed E-state index contributed by atoms with van der Waals surface area (Å²) in [6.45, 7) is 0. The van der Waals surface area contributed by atoms with Crippen LogP contribution in [0.25, 0.3) is 6.08 Å². The predicted octanol–water partition coefficient (Wildman–Crippen LogP) is 5.07. The van der Waals surface area contributed by atoms with Crippen LogP contribution in [0.1, 0.15) is 49.7 Å². The number of carbonyl (C=O) groups is 1. The van der Waals surface area contributed by atoms with Crippen molar-refractivity contribution in [3.8, 4) is 11.5 Å². The Kier molecular flexibility index (Phi) is 6.03. The molecule has 4 bridgehead atoms. The fourth-order valence-corrected chi connectivity index (χ4v) is 8.25. The van der Waals surface area contributed by atoms with Crippen LogP contribution in [0.2, 0.25) is 0 Å². The molecule has 35 heavy (non-hydrogen) atoms. The van der Waals surface area contributed by atoms with Crippen LogP contribution in [0.3, 0.4) is 0 Å². The van der Waals surface area contributed by atoms with Crippen molar-refractivity contribution in [2.75, 3.05) is 18.9 Å². The molecule has 4 aliphatic rings. The van der Waals surface area contributed by atoms with Crippen LogP contribution in [-0.2, 0) is 20.2 Å². The largest absolute Gasteiger partial charge is 0.493 e. The maximum atomic E-state index is 13.4. The number of hydrogen-bond donors (Lipinski definition) is 2. The molecule has 0 radical (unpaired) electrons. The SMILES string of the molecule is COc1cc(C=CC(=O)O)cc(S(=O)(=O)Nc2ccc(C34CC5CC(CC(C5)C3)C4)cc2)c1OC. The lowest BCUT2D eigenvalue weighted by atomic mass is 9.48. The van der Waals surface area contributed by atoms with Crippen LogP contribution in [0, 0.1) is 17.8 Å². The van der Waals surface area contributed by atoms with Gasteiger partial charge in [-0.2, -0.15) is 0 Å². The second-order valence-corrected chi connectivity index (χ2v) is 12.0. The Morgan fingerprint density at radius 1 is 1.00 bits per heavy atom. The molecule has 6 rings (SSSR count). The van der Waals surface area contributed by atoms with E-state index < -0.39 is 16.0 Å². The molecule has 4 fully saturated rings. The molecule has 8 heteroatoms. The lowest BCUT2D eigenvalue weighted by Gasteiger charge is -2.57. The summed E-state index contributed by atoms with van der Waals surface area (Å²) >= 11 is 0. The summed E-state index contributed by atoms with van der Waals surface area (Å²) in [6, 6.07) is 10.7. The summed E-state index contributed by atoms with van der Waals surface area (Å²) in [7, 11) is -1.28. The van der Waals surface area contributed by atoms with Gasteiger partial charge in [0, 0.05) is 11.8 Å². The first kappa shape index (κ1) is 23.7. The molecule has 0 heterocycles. The molecular weight excluding hydrogens is 466 g/mol. The van der Waals surface area contributed by atoms with Crippen molar-refractivity contribution in [3.05, 3.63) is 53.6 Å².